The molecule has 3 amide bonds. The lowest BCUT2D eigenvalue weighted by atomic mass is 9.83. The van der Waals surface area contributed by atoms with E-state index in [0.29, 0.717) is 17.8 Å². The molecule has 37 heavy (non-hydrogen) atoms. The van der Waals surface area contributed by atoms with Crippen LogP contribution in [0.4, 0.5) is 4.39 Å². The molecule has 0 spiro atoms. The van der Waals surface area contributed by atoms with Gasteiger partial charge in [-0.1, -0.05) is 0 Å². The average Bonchev–Trinajstić information content (AvgIpc) is 3.10. The van der Waals surface area contributed by atoms with Crippen LogP contribution in [0, 0.1) is 11.7 Å². The predicted octanol–water partition coefficient (Wildman–Crippen LogP) is 3.19. The van der Waals surface area contributed by atoms with Gasteiger partial charge in [-0.2, -0.15) is 0 Å². The molecule has 0 bridgehead atoms. The maximum absolute atomic E-state index is 15.9. The van der Waals surface area contributed by atoms with Crippen LogP contribution >= 0.6 is 0 Å². The van der Waals surface area contributed by atoms with Crippen molar-refractivity contribution in [1.29, 1.82) is 0 Å². The number of likely N-dealkylation sites (tertiary alicyclic amines) is 1. The first-order chi connectivity index (χ1) is 17.5. The van der Waals surface area contributed by atoms with Crippen molar-refractivity contribution in [1.82, 2.24) is 20.1 Å². The van der Waals surface area contributed by atoms with Crippen LogP contribution in [0.3, 0.4) is 0 Å². The van der Waals surface area contributed by atoms with Crippen molar-refractivity contribution < 1.29 is 23.9 Å². The van der Waals surface area contributed by atoms with Crippen LogP contribution in [0.1, 0.15) is 74.0 Å². The summed E-state index contributed by atoms with van der Waals surface area (Å²) in [5.41, 5.74) is 1.64. The Balaban J connectivity index is 1.36. The summed E-state index contributed by atoms with van der Waals surface area (Å²) in [6, 6.07) is 5.53. The number of benzene rings is 1. The molecule has 4 heterocycles. The molecule has 2 aromatic rings. The van der Waals surface area contributed by atoms with Crippen LogP contribution in [0.25, 0.3) is 11.3 Å². The van der Waals surface area contributed by atoms with Crippen LogP contribution in [0.5, 0.6) is 0 Å². The summed E-state index contributed by atoms with van der Waals surface area (Å²) in [6.07, 6.45) is 3.89. The number of aromatic nitrogens is 1. The number of hydrogen-bond acceptors (Lipinski definition) is 6. The summed E-state index contributed by atoms with van der Waals surface area (Å²) < 4.78 is 15.9. The fraction of sp³-hybridized carbons (Fsp3) is 0.500. The third-order valence-corrected chi connectivity index (χ3v) is 8.12. The largest absolute Gasteiger partial charge is 0.390 e. The lowest BCUT2D eigenvalue weighted by Crippen LogP contribution is -2.53. The summed E-state index contributed by atoms with van der Waals surface area (Å²) >= 11 is 0. The van der Waals surface area contributed by atoms with Crippen molar-refractivity contribution in [3.05, 3.63) is 53.0 Å². The van der Waals surface area contributed by atoms with Crippen molar-refractivity contribution >= 4 is 17.7 Å². The van der Waals surface area contributed by atoms with E-state index in [4.69, 9.17) is 0 Å². The molecule has 0 aliphatic carbocycles. The third kappa shape index (κ3) is 4.78. The van der Waals surface area contributed by atoms with Crippen molar-refractivity contribution in [3.63, 3.8) is 0 Å². The van der Waals surface area contributed by atoms with Crippen molar-refractivity contribution in [2.45, 2.75) is 70.7 Å². The van der Waals surface area contributed by atoms with E-state index in [-0.39, 0.29) is 35.8 Å². The van der Waals surface area contributed by atoms with Gasteiger partial charge < -0.3 is 10.0 Å². The number of aliphatic hydroxyl groups is 1. The molecule has 1 aromatic carbocycles. The highest BCUT2D eigenvalue weighted by Gasteiger charge is 2.44. The van der Waals surface area contributed by atoms with Crippen LogP contribution in [0.2, 0.25) is 0 Å². The first kappa shape index (κ1) is 25.5. The molecule has 1 aromatic heterocycles. The van der Waals surface area contributed by atoms with Gasteiger partial charge in [0.05, 0.1) is 17.3 Å². The zero-order valence-corrected chi connectivity index (χ0v) is 21.5. The van der Waals surface area contributed by atoms with E-state index in [0.717, 1.165) is 31.5 Å². The van der Waals surface area contributed by atoms with Crippen LogP contribution in [0.15, 0.2) is 30.5 Å². The molecule has 8 nitrogen and oxygen atoms in total. The Morgan fingerprint density at radius 2 is 1.81 bits per heavy atom. The Hall–Kier alpha value is -3.17. The summed E-state index contributed by atoms with van der Waals surface area (Å²) in [7, 11) is 0. The number of rotatable bonds is 5. The minimum Gasteiger partial charge on any atom is -0.390 e. The van der Waals surface area contributed by atoms with Gasteiger partial charge in [0.15, 0.2) is 0 Å². The fourth-order valence-corrected chi connectivity index (χ4v) is 5.97. The molecule has 9 heteroatoms. The highest BCUT2D eigenvalue weighted by Crippen LogP contribution is 2.41. The first-order valence-corrected chi connectivity index (χ1v) is 12.9. The molecular weight excluding hydrogens is 475 g/mol. The third-order valence-electron chi connectivity index (χ3n) is 8.12. The summed E-state index contributed by atoms with van der Waals surface area (Å²) in [5.74, 6) is -1.52. The lowest BCUT2D eigenvalue weighted by Gasteiger charge is -2.37. The number of carbonyl (C=O) groups is 3. The maximum Gasteiger partial charge on any atom is 0.255 e. The van der Waals surface area contributed by atoms with E-state index in [1.54, 1.807) is 25.3 Å². The smallest absolute Gasteiger partial charge is 0.255 e. The molecule has 0 saturated carbocycles. The van der Waals surface area contributed by atoms with Gasteiger partial charge in [0.1, 0.15) is 11.9 Å². The number of pyridine rings is 1. The Labute approximate surface area is 215 Å². The zero-order valence-electron chi connectivity index (χ0n) is 21.5. The molecule has 3 aliphatic heterocycles. The van der Waals surface area contributed by atoms with Crippen LogP contribution in [-0.4, -0.2) is 62.3 Å². The molecule has 196 valence electrons. The predicted molar refractivity (Wildman–Crippen MR) is 135 cm³/mol. The van der Waals surface area contributed by atoms with Crippen molar-refractivity contribution in [2.75, 3.05) is 13.1 Å². The van der Waals surface area contributed by atoms with E-state index in [9.17, 15) is 19.5 Å². The van der Waals surface area contributed by atoms with Crippen LogP contribution in [-0.2, 0) is 16.1 Å². The number of halogens is 1. The van der Waals surface area contributed by atoms with Gasteiger partial charge in [-0.15, -0.1) is 0 Å². The monoisotopic (exact) mass is 508 g/mol. The summed E-state index contributed by atoms with van der Waals surface area (Å²) in [6.45, 7) is 7.92. The van der Waals surface area contributed by atoms with Gasteiger partial charge in [-0.05, 0) is 88.9 Å². The lowest BCUT2D eigenvalue weighted by molar-refractivity contribution is -0.137. The van der Waals surface area contributed by atoms with E-state index < -0.39 is 35.3 Å². The summed E-state index contributed by atoms with van der Waals surface area (Å²) in [5, 5.41) is 12.6. The molecule has 2 saturated heterocycles. The van der Waals surface area contributed by atoms with E-state index in [1.165, 1.54) is 4.90 Å². The van der Waals surface area contributed by atoms with Gasteiger partial charge in [0, 0.05) is 35.9 Å². The van der Waals surface area contributed by atoms with Gasteiger partial charge >= 0.3 is 0 Å². The number of fused-ring (bicyclic) bond motifs is 1. The second-order valence-electron chi connectivity index (χ2n) is 11.0. The van der Waals surface area contributed by atoms with Gasteiger partial charge in [-0.3, -0.25) is 29.6 Å². The molecule has 2 atom stereocenters. The quantitative estimate of drug-likeness (QED) is 0.602. The number of amides is 3. The number of carbonyl (C=O) groups excluding carboxylic acids is 3. The Kier molecular flexibility index (Phi) is 6.62. The second-order valence-corrected chi connectivity index (χ2v) is 11.0. The number of nitrogens with one attached hydrogen (secondary N) is 1. The van der Waals surface area contributed by atoms with Crippen molar-refractivity contribution in [3.8, 4) is 11.3 Å². The molecule has 3 aliphatic rings. The van der Waals surface area contributed by atoms with Gasteiger partial charge in [0.2, 0.25) is 11.8 Å². The highest BCUT2D eigenvalue weighted by atomic mass is 19.1. The van der Waals surface area contributed by atoms with Gasteiger partial charge in [0.25, 0.3) is 5.91 Å². The second kappa shape index (κ2) is 9.61. The van der Waals surface area contributed by atoms with Crippen LogP contribution < -0.4 is 5.32 Å². The Morgan fingerprint density at radius 3 is 2.49 bits per heavy atom. The highest BCUT2D eigenvalue weighted by molar-refractivity contribution is 6.06. The van der Waals surface area contributed by atoms with E-state index >= 15 is 4.39 Å². The fourth-order valence-electron chi connectivity index (χ4n) is 5.97. The standard InChI is InChI=1S/C28H33FN4O4/c1-16-24-20(27(36)33(16)22-6-7-23(34)31-26(22)35)5-4-19(25(24)29)21-14-17(8-11-30-21)15-32-12-9-18(10-13-32)28(2,3)37/h4-5,8,11,14,16,18,22,37H,6-7,9-10,12-13,15H2,1-3H3,(H,31,34,35). The zero-order chi connectivity index (χ0) is 26.5. The molecule has 5 rings (SSSR count). The topological polar surface area (TPSA) is 103 Å². The number of nitrogens with zero attached hydrogens (tertiary/aromatic N) is 3. The number of imide groups is 1. The number of piperidine rings is 2. The first-order valence-electron chi connectivity index (χ1n) is 12.9. The van der Waals surface area contributed by atoms with E-state index in [1.807, 2.05) is 26.0 Å². The molecule has 2 unspecified atom stereocenters. The molecule has 2 N–H and O–H groups in total. The molecular formula is C28H33FN4O4. The van der Waals surface area contributed by atoms with E-state index in [2.05, 4.69) is 15.2 Å². The minimum absolute atomic E-state index is 0.142. The summed E-state index contributed by atoms with van der Waals surface area (Å²) in [4.78, 5) is 45.3. The minimum atomic E-state index is -0.808. The van der Waals surface area contributed by atoms with Gasteiger partial charge in [-0.25, -0.2) is 4.39 Å². The maximum atomic E-state index is 15.9. The molecule has 0 radical (unpaired) electrons. The van der Waals surface area contributed by atoms with Crippen molar-refractivity contribution in [2.24, 2.45) is 5.92 Å². The molecule has 2 fully saturated rings. The number of hydrogen-bond donors (Lipinski definition) is 2. The Bertz CT molecular complexity index is 1250. The average molecular weight is 509 g/mol. The Morgan fingerprint density at radius 1 is 1.11 bits per heavy atom. The normalized spacial score (nSPS) is 23.4. The SMILES string of the molecule is CC1c2c(ccc(-c3cc(CN4CCC(C(C)(C)O)CC4)ccn3)c2F)C(=O)N1C1CCC(=O)NC1=O.